The third kappa shape index (κ3) is 3.58. The van der Waals surface area contributed by atoms with Crippen LogP contribution >= 0.6 is 0 Å². The van der Waals surface area contributed by atoms with Gasteiger partial charge >= 0.3 is 0 Å². The van der Waals surface area contributed by atoms with Crippen LogP contribution in [0.3, 0.4) is 0 Å². The van der Waals surface area contributed by atoms with E-state index in [1.165, 1.54) is 24.0 Å². The van der Waals surface area contributed by atoms with Crippen LogP contribution in [0.25, 0.3) is 0 Å². The molecule has 0 saturated carbocycles. The van der Waals surface area contributed by atoms with Crippen molar-refractivity contribution >= 4 is 0 Å². The molecule has 132 valence electrons. The summed E-state index contributed by atoms with van der Waals surface area (Å²) in [6, 6.07) is 0. The van der Waals surface area contributed by atoms with E-state index in [1.54, 1.807) is 0 Å². The molecular weight excluding hydrogens is 284 g/mol. The van der Waals surface area contributed by atoms with Gasteiger partial charge in [0.15, 0.2) is 0 Å². The molecule has 1 N–H and O–H groups in total. The number of hydrogen-bond acceptors (Lipinski definition) is 2. The summed E-state index contributed by atoms with van der Waals surface area (Å²) in [7, 11) is 0. The highest BCUT2D eigenvalue weighted by atomic mass is 16.5. The second kappa shape index (κ2) is 7.11. The molecule has 4 unspecified atom stereocenters. The second-order valence-corrected chi connectivity index (χ2v) is 7.96. The van der Waals surface area contributed by atoms with Crippen molar-refractivity contribution < 1.29 is 9.84 Å². The number of aliphatic hydroxyl groups excluding tert-OH is 1. The number of hydrogen-bond donors (Lipinski definition) is 1. The van der Waals surface area contributed by atoms with Gasteiger partial charge in [-0.1, -0.05) is 32.6 Å². The quantitative estimate of drug-likeness (QED) is 0.526. The fourth-order valence-corrected chi connectivity index (χ4v) is 4.24. The zero-order valence-corrected chi connectivity index (χ0v) is 15.7. The SMILES string of the molecule is [CH2-]CC(C)CCCC1(C)CCC2=CC(O)C(C)=C(C)C2(CC)O1. The monoisotopic (exact) mass is 319 g/mol. The van der Waals surface area contributed by atoms with Gasteiger partial charge in [0.1, 0.15) is 5.60 Å². The Hall–Kier alpha value is -0.600. The van der Waals surface area contributed by atoms with Gasteiger partial charge in [-0.2, -0.15) is 6.42 Å². The molecule has 1 aliphatic heterocycles. The molecular formula is C21H35O2-. The molecule has 4 atom stereocenters. The third-order valence-corrected chi connectivity index (χ3v) is 6.26. The van der Waals surface area contributed by atoms with Gasteiger partial charge in [0.25, 0.3) is 0 Å². The van der Waals surface area contributed by atoms with Crippen molar-refractivity contribution in [3.63, 3.8) is 0 Å². The van der Waals surface area contributed by atoms with Crippen molar-refractivity contribution in [1.29, 1.82) is 0 Å². The van der Waals surface area contributed by atoms with Crippen LogP contribution in [0.1, 0.15) is 79.6 Å². The largest absolute Gasteiger partial charge is 0.385 e. The van der Waals surface area contributed by atoms with Crippen molar-refractivity contribution in [1.82, 2.24) is 0 Å². The number of fused-ring (bicyclic) bond motifs is 1. The van der Waals surface area contributed by atoms with E-state index in [2.05, 4.69) is 34.6 Å². The van der Waals surface area contributed by atoms with Crippen LogP contribution in [0.15, 0.2) is 22.8 Å². The zero-order valence-electron chi connectivity index (χ0n) is 15.7. The van der Waals surface area contributed by atoms with E-state index in [0.29, 0.717) is 5.92 Å². The topological polar surface area (TPSA) is 29.5 Å². The van der Waals surface area contributed by atoms with Crippen molar-refractivity contribution in [2.75, 3.05) is 0 Å². The van der Waals surface area contributed by atoms with Crippen LogP contribution in [0.5, 0.6) is 0 Å². The van der Waals surface area contributed by atoms with E-state index in [1.807, 2.05) is 13.0 Å². The lowest BCUT2D eigenvalue weighted by atomic mass is 9.70. The van der Waals surface area contributed by atoms with Crippen LogP contribution in [-0.4, -0.2) is 22.4 Å². The maximum atomic E-state index is 10.3. The van der Waals surface area contributed by atoms with Crippen LogP contribution in [-0.2, 0) is 4.74 Å². The zero-order chi connectivity index (χ0) is 17.3. The van der Waals surface area contributed by atoms with Crippen LogP contribution in [0.4, 0.5) is 0 Å². The Kier molecular flexibility index (Phi) is 5.79. The Balaban J connectivity index is 2.16. The van der Waals surface area contributed by atoms with E-state index < -0.39 is 6.10 Å². The Labute approximate surface area is 143 Å². The van der Waals surface area contributed by atoms with E-state index in [-0.39, 0.29) is 11.2 Å². The Morgan fingerprint density at radius 3 is 2.74 bits per heavy atom. The van der Waals surface area contributed by atoms with Gasteiger partial charge in [-0.05, 0) is 69.2 Å². The van der Waals surface area contributed by atoms with Gasteiger partial charge in [0, 0.05) is 0 Å². The summed E-state index contributed by atoms with van der Waals surface area (Å²) in [5, 5.41) is 10.3. The minimum Gasteiger partial charge on any atom is -0.385 e. The van der Waals surface area contributed by atoms with Crippen molar-refractivity contribution in [2.45, 2.75) is 96.9 Å². The lowest BCUT2D eigenvalue weighted by molar-refractivity contribution is -0.144. The summed E-state index contributed by atoms with van der Waals surface area (Å²) in [4.78, 5) is 0. The fourth-order valence-electron chi connectivity index (χ4n) is 4.24. The number of rotatable bonds is 6. The molecule has 2 heteroatoms. The number of ether oxygens (including phenoxy) is 1. The average Bonchev–Trinajstić information content (AvgIpc) is 2.53. The molecule has 0 aromatic carbocycles. The first kappa shape index (κ1) is 18.7. The summed E-state index contributed by atoms with van der Waals surface area (Å²) in [5.41, 5.74) is 3.23. The van der Waals surface area contributed by atoms with Crippen molar-refractivity contribution in [3.8, 4) is 0 Å². The van der Waals surface area contributed by atoms with Gasteiger partial charge in [0.2, 0.25) is 0 Å². The summed E-state index contributed by atoms with van der Waals surface area (Å²) in [6.07, 6.45) is 9.21. The van der Waals surface area contributed by atoms with Gasteiger partial charge < -0.3 is 16.8 Å². The van der Waals surface area contributed by atoms with Gasteiger partial charge in [-0.25, -0.2) is 0 Å². The first-order valence-electron chi connectivity index (χ1n) is 9.34. The highest BCUT2D eigenvalue weighted by Crippen LogP contribution is 2.50. The van der Waals surface area contributed by atoms with E-state index in [0.717, 1.165) is 37.7 Å². The molecule has 0 aromatic rings. The predicted molar refractivity (Wildman–Crippen MR) is 97.2 cm³/mol. The molecule has 1 saturated heterocycles. The van der Waals surface area contributed by atoms with Crippen molar-refractivity contribution in [3.05, 3.63) is 29.7 Å². The van der Waals surface area contributed by atoms with E-state index >= 15 is 0 Å². The van der Waals surface area contributed by atoms with Gasteiger partial charge in [-0.15, -0.1) is 0 Å². The highest BCUT2D eigenvalue weighted by molar-refractivity contribution is 5.44. The minimum absolute atomic E-state index is 0.0575. The molecule has 2 rings (SSSR count). The molecule has 0 radical (unpaired) electrons. The molecule has 1 aliphatic carbocycles. The lowest BCUT2D eigenvalue weighted by Crippen LogP contribution is -2.51. The summed E-state index contributed by atoms with van der Waals surface area (Å²) in [6.45, 7) is 15.0. The standard InChI is InChI=1S/C21H35O2/c1-7-15(3)10-9-12-20(6)13-11-18-14-19(22)16(4)17(5)21(18,8-2)23-20/h14-15,19,22H,1,7-13H2,2-6H3/q-1. The maximum absolute atomic E-state index is 10.3. The predicted octanol–water partition coefficient (Wildman–Crippen LogP) is 5.37. The Morgan fingerprint density at radius 2 is 2.13 bits per heavy atom. The summed E-state index contributed by atoms with van der Waals surface area (Å²) in [5.74, 6) is 0.700. The highest BCUT2D eigenvalue weighted by Gasteiger charge is 2.48. The maximum Gasteiger partial charge on any atom is 0.111 e. The molecule has 2 aliphatic rings. The lowest BCUT2D eigenvalue weighted by Gasteiger charge is -2.51. The van der Waals surface area contributed by atoms with E-state index in [4.69, 9.17) is 4.74 Å². The molecule has 23 heavy (non-hydrogen) atoms. The summed E-state index contributed by atoms with van der Waals surface area (Å²) < 4.78 is 6.81. The molecule has 0 amide bonds. The molecule has 0 aromatic heterocycles. The molecule has 2 nitrogen and oxygen atoms in total. The molecule has 0 bridgehead atoms. The summed E-state index contributed by atoms with van der Waals surface area (Å²) >= 11 is 0. The molecule has 1 heterocycles. The van der Waals surface area contributed by atoms with Gasteiger partial charge in [-0.3, -0.25) is 0 Å². The van der Waals surface area contributed by atoms with Crippen molar-refractivity contribution in [2.24, 2.45) is 5.92 Å². The molecule has 0 spiro atoms. The smallest absolute Gasteiger partial charge is 0.111 e. The van der Waals surface area contributed by atoms with E-state index in [9.17, 15) is 5.11 Å². The normalized spacial score (nSPS) is 35.8. The Bertz CT molecular complexity index is 490. The third-order valence-electron chi connectivity index (χ3n) is 6.26. The number of aliphatic hydroxyl groups is 1. The molecule has 1 fully saturated rings. The first-order valence-corrected chi connectivity index (χ1v) is 9.34. The van der Waals surface area contributed by atoms with Crippen LogP contribution in [0, 0.1) is 12.8 Å². The second-order valence-electron chi connectivity index (χ2n) is 7.96. The minimum atomic E-state index is -0.435. The fraction of sp³-hybridized carbons (Fsp3) is 0.762. The van der Waals surface area contributed by atoms with Crippen LogP contribution < -0.4 is 0 Å². The van der Waals surface area contributed by atoms with Gasteiger partial charge in [0.05, 0.1) is 11.7 Å². The van der Waals surface area contributed by atoms with Crippen LogP contribution in [0.2, 0.25) is 0 Å². The Morgan fingerprint density at radius 1 is 1.43 bits per heavy atom. The first-order chi connectivity index (χ1) is 10.8. The average molecular weight is 320 g/mol.